The van der Waals surface area contributed by atoms with E-state index in [1.54, 1.807) is 31.4 Å². The Labute approximate surface area is 168 Å². The van der Waals surface area contributed by atoms with Gasteiger partial charge in [0.2, 0.25) is 0 Å². The Balaban J connectivity index is 1.87. The fourth-order valence-corrected chi connectivity index (χ4v) is 3.63. The van der Waals surface area contributed by atoms with Crippen LogP contribution in [0.25, 0.3) is 22.2 Å². The number of fused-ring (bicyclic) bond motifs is 1. The van der Waals surface area contributed by atoms with E-state index in [9.17, 15) is 9.18 Å². The van der Waals surface area contributed by atoms with Crippen molar-refractivity contribution in [1.82, 2.24) is 14.1 Å². The molecule has 0 aliphatic carbocycles. The van der Waals surface area contributed by atoms with E-state index < -0.39 is 0 Å². The number of halogens is 1. The highest BCUT2D eigenvalue weighted by Crippen LogP contribution is 2.29. The summed E-state index contributed by atoms with van der Waals surface area (Å²) in [5.41, 5.74) is 5.67. The van der Waals surface area contributed by atoms with Crippen LogP contribution in [0.3, 0.4) is 0 Å². The minimum Gasteiger partial charge on any atom is -0.491 e. The van der Waals surface area contributed by atoms with Crippen molar-refractivity contribution in [2.24, 2.45) is 7.05 Å². The van der Waals surface area contributed by atoms with Crippen molar-refractivity contribution < 1.29 is 9.13 Å². The maximum atomic E-state index is 13.3. The van der Waals surface area contributed by atoms with Gasteiger partial charge in [0.25, 0.3) is 5.56 Å². The highest BCUT2D eigenvalue weighted by Gasteiger charge is 2.14. The Hall–Kier alpha value is -3.41. The predicted octanol–water partition coefficient (Wildman–Crippen LogP) is 4.21. The van der Waals surface area contributed by atoms with Crippen LogP contribution in [0.15, 0.2) is 53.5 Å². The molecular formula is C23H22FN3O2. The molecule has 0 radical (unpaired) electrons. The molecule has 0 saturated carbocycles. The van der Waals surface area contributed by atoms with E-state index in [2.05, 4.69) is 16.7 Å². The molecule has 6 heteroatoms. The molecule has 2 aromatic carbocycles. The number of pyridine rings is 1. The zero-order valence-electron chi connectivity index (χ0n) is 16.9. The zero-order chi connectivity index (χ0) is 20.7. The maximum absolute atomic E-state index is 13.3. The third-order valence-electron chi connectivity index (χ3n) is 5.19. The molecular weight excluding hydrogens is 369 g/mol. The Kier molecular flexibility index (Phi) is 4.70. The van der Waals surface area contributed by atoms with Gasteiger partial charge in [0, 0.05) is 25.4 Å². The van der Waals surface area contributed by atoms with E-state index in [-0.39, 0.29) is 11.4 Å². The van der Waals surface area contributed by atoms with Gasteiger partial charge in [0.15, 0.2) is 5.75 Å². The lowest BCUT2D eigenvalue weighted by Crippen LogP contribution is -2.17. The number of hydrogen-bond donors (Lipinski definition) is 0. The molecule has 2 aromatic heterocycles. The summed E-state index contributed by atoms with van der Waals surface area (Å²) in [5.74, 6) is 0.948. The summed E-state index contributed by atoms with van der Waals surface area (Å²) in [6.07, 6.45) is 1.80. The molecule has 0 amide bonds. The Morgan fingerprint density at radius 1 is 1.07 bits per heavy atom. The second kappa shape index (κ2) is 7.20. The summed E-state index contributed by atoms with van der Waals surface area (Å²) in [7, 11) is 3.21. The first-order valence-electron chi connectivity index (χ1n) is 9.34. The largest absolute Gasteiger partial charge is 0.491 e. The summed E-state index contributed by atoms with van der Waals surface area (Å²) >= 11 is 0. The highest BCUT2D eigenvalue weighted by molar-refractivity contribution is 5.86. The summed E-state index contributed by atoms with van der Waals surface area (Å²) in [5, 5.41) is 0. The van der Waals surface area contributed by atoms with Crippen LogP contribution in [0, 0.1) is 19.7 Å². The summed E-state index contributed by atoms with van der Waals surface area (Å²) in [6, 6.07) is 12.4. The molecule has 0 atom stereocenters. The van der Waals surface area contributed by atoms with E-state index in [1.165, 1.54) is 23.8 Å². The molecule has 4 rings (SSSR count). The van der Waals surface area contributed by atoms with Gasteiger partial charge in [-0.05, 0) is 60.9 Å². The molecule has 0 unspecified atom stereocenters. The van der Waals surface area contributed by atoms with Gasteiger partial charge in [-0.15, -0.1) is 0 Å². The number of aromatic nitrogens is 3. The first-order chi connectivity index (χ1) is 13.9. The third kappa shape index (κ3) is 3.42. The Morgan fingerprint density at radius 2 is 1.79 bits per heavy atom. The van der Waals surface area contributed by atoms with E-state index in [0.29, 0.717) is 12.3 Å². The number of rotatable bonds is 4. The van der Waals surface area contributed by atoms with Crippen molar-refractivity contribution in [1.29, 1.82) is 0 Å². The monoisotopic (exact) mass is 391 g/mol. The van der Waals surface area contributed by atoms with Gasteiger partial charge >= 0.3 is 0 Å². The number of ether oxygens (including phenoxy) is 1. The number of benzene rings is 2. The van der Waals surface area contributed by atoms with Gasteiger partial charge in [-0.2, -0.15) is 0 Å². The van der Waals surface area contributed by atoms with Crippen molar-refractivity contribution in [3.63, 3.8) is 0 Å². The van der Waals surface area contributed by atoms with Crippen LogP contribution < -0.4 is 10.3 Å². The van der Waals surface area contributed by atoms with Crippen LogP contribution in [0.4, 0.5) is 4.39 Å². The average molecular weight is 391 g/mol. The van der Waals surface area contributed by atoms with Crippen LogP contribution >= 0.6 is 0 Å². The molecule has 4 aromatic rings. The number of aryl methyl sites for hydroxylation is 3. The summed E-state index contributed by atoms with van der Waals surface area (Å²) < 4.78 is 22.1. The van der Waals surface area contributed by atoms with Gasteiger partial charge in [-0.3, -0.25) is 4.79 Å². The topological polar surface area (TPSA) is 49.0 Å². The lowest BCUT2D eigenvalue weighted by Gasteiger charge is -2.11. The van der Waals surface area contributed by atoms with Crippen molar-refractivity contribution >= 4 is 11.0 Å². The molecule has 0 saturated heterocycles. The van der Waals surface area contributed by atoms with Crippen LogP contribution in [0.1, 0.15) is 17.0 Å². The molecule has 5 nitrogen and oxygen atoms in total. The fourth-order valence-electron chi connectivity index (χ4n) is 3.63. The smallest absolute Gasteiger partial charge is 0.292 e. The summed E-state index contributed by atoms with van der Waals surface area (Å²) in [4.78, 5) is 16.9. The highest BCUT2D eigenvalue weighted by atomic mass is 19.1. The number of methoxy groups -OCH3 is 1. The van der Waals surface area contributed by atoms with Crippen molar-refractivity contribution in [2.45, 2.75) is 20.4 Å². The van der Waals surface area contributed by atoms with Crippen LogP contribution in [0.5, 0.6) is 5.75 Å². The van der Waals surface area contributed by atoms with Crippen LogP contribution in [0.2, 0.25) is 0 Å². The first kappa shape index (κ1) is 18.9. The van der Waals surface area contributed by atoms with Gasteiger partial charge in [-0.1, -0.05) is 12.1 Å². The normalized spacial score (nSPS) is 11.2. The van der Waals surface area contributed by atoms with E-state index in [0.717, 1.165) is 39.1 Å². The van der Waals surface area contributed by atoms with Crippen molar-refractivity contribution in [3.8, 4) is 16.9 Å². The standard InChI is InChI=1S/C23H22FN3O2/c1-14-9-17(18-11-21(29-4)23(28)26(3)13-18)10-20-22(14)25-15(2)27(20)12-16-5-7-19(24)8-6-16/h5-11,13H,12H2,1-4H3. The average Bonchev–Trinajstić information content (AvgIpc) is 3.01. The second-order valence-electron chi connectivity index (χ2n) is 7.25. The first-order valence-corrected chi connectivity index (χ1v) is 9.34. The quantitative estimate of drug-likeness (QED) is 0.524. The number of nitrogens with zero attached hydrogens (tertiary/aromatic N) is 3. The van der Waals surface area contributed by atoms with E-state index in [4.69, 9.17) is 9.72 Å². The second-order valence-corrected chi connectivity index (χ2v) is 7.25. The maximum Gasteiger partial charge on any atom is 0.292 e. The van der Waals surface area contributed by atoms with Crippen LogP contribution in [-0.2, 0) is 13.6 Å². The summed E-state index contributed by atoms with van der Waals surface area (Å²) in [6.45, 7) is 4.60. The minimum absolute atomic E-state index is 0.175. The van der Waals surface area contributed by atoms with Gasteiger partial charge < -0.3 is 13.9 Å². The SMILES string of the molecule is COc1cc(-c2cc(C)c3nc(C)n(Cc4ccc(F)cc4)c3c2)cn(C)c1=O. The lowest BCUT2D eigenvalue weighted by atomic mass is 10.0. The zero-order valence-corrected chi connectivity index (χ0v) is 16.9. The van der Waals surface area contributed by atoms with E-state index in [1.807, 2.05) is 13.8 Å². The Bertz CT molecular complexity index is 1270. The third-order valence-corrected chi connectivity index (χ3v) is 5.19. The predicted molar refractivity (Wildman–Crippen MR) is 112 cm³/mol. The molecule has 29 heavy (non-hydrogen) atoms. The van der Waals surface area contributed by atoms with E-state index >= 15 is 0 Å². The minimum atomic E-state index is -0.247. The molecule has 0 aliphatic heterocycles. The lowest BCUT2D eigenvalue weighted by molar-refractivity contribution is 0.405. The molecule has 0 fully saturated rings. The van der Waals surface area contributed by atoms with Gasteiger partial charge in [-0.25, -0.2) is 9.37 Å². The molecule has 2 heterocycles. The van der Waals surface area contributed by atoms with Crippen LogP contribution in [-0.4, -0.2) is 21.2 Å². The number of hydrogen-bond acceptors (Lipinski definition) is 3. The van der Waals surface area contributed by atoms with Gasteiger partial charge in [0.05, 0.1) is 18.1 Å². The van der Waals surface area contributed by atoms with Gasteiger partial charge in [0.1, 0.15) is 11.6 Å². The molecule has 0 spiro atoms. The van der Waals surface area contributed by atoms with Crippen molar-refractivity contribution in [2.75, 3.05) is 7.11 Å². The molecule has 0 N–H and O–H groups in total. The fraction of sp³-hybridized carbons (Fsp3) is 0.217. The molecule has 148 valence electrons. The molecule has 0 bridgehead atoms. The Morgan fingerprint density at radius 3 is 2.48 bits per heavy atom. The molecule has 0 aliphatic rings. The number of imidazole rings is 1. The van der Waals surface area contributed by atoms with Crippen molar-refractivity contribution in [3.05, 3.63) is 81.8 Å².